The molecule has 0 bridgehead atoms. The van der Waals surface area contributed by atoms with Crippen LogP contribution in [0.2, 0.25) is 8.67 Å². The van der Waals surface area contributed by atoms with E-state index >= 15 is 0 Å². The third-order valence-electron chi connectivity index (χ3n) is 5.34. The van der Waals surface area contributed by atoms with Crippen LogP contribution < -0.4 is 20.6 Å². The van der Waals surface area contributed by atoms with Crippen molar-refractivity contribution in [2.75, 3.05) is 13.2 Å². The lowest BCUT2D eigenvalue weighted by Crippen LogP contribution is -2.24. The molecule has 0 aliphatic heterocycles. The Kier molecular flexibility index (Phi) is 11.4. The van der Waals surface area contributed by atoms with E-state index in [-0.39, 0.29) is 11.1 Å². The Balaban J connectivity index is 0.000000211. The first-order chi connectivity index (χ1) is 18.2. The monoisotopic (exact) mass is 600 g/mol. The zero-order valence-electron chi connectivity index (χ0n) is 22.4. The van der Waals surface area contributed by atoms with E-state index in [1.54, 1.807) is 21.3 Å². The Labute approximate surface area is 240 Å². The fraction of sp³-hybridized carbons (Fsp3) is 0.538. The van der Waals surface area contributed by atoms with E-state index < -0.39 is 0 Å². The van der Waals surface area contributed by atoms with Gasteiger partial charge in [-0.2, -0.15) is 9.97 Å². The number of ether oxygens (including phenoxy) is 2. The third-order valence-corrected chi connectivity index (χ3v) is 7.65. The summed E-state index contributed by atoms with van der Waals surface area (Å²) in [6.07, 6.45) is 3.67. The summed E-state index contributed by atoms with van der Waals surface area (Å²) in [6, 6.07) is 4.16. The van der Waals surface area contributed by atoms with Gasteiger partial charge >= 0.3 is 12.0 Å². The van der Waals surface area contributed by atoms with Crippen LogP contribution in [-0.4, -0.2) is 32.3 Å². The van der Waals surface area contributed by atoms with E-state index in [0.29, 0.717) is 73.3 Å². The molecule has 0 spiro atoms. The largest absolute Gasteiger partial charge is 0.465 e. The average Bonchev–Trinajstić information content (AvgIpc) is 3.44. The number of rotatable bonds is 11. The van der Waals surface area contributed by atoms with Gasteiger partial charge < -0.3 is 9.47 Å². The molecule has 0 saturated heterocycles. The molecule has 12 heteroatoms. The molecule has 4 aromatic heterocycles. The van der Waals surface area contributed by atoms with Crippen LogP contribution in [0.3, 0.4) is 0 Å². The molecule has 0 amide bonds. The van der Waals surface area contributed by atoms with Crippen LogP contribution in [0.1, 0.15) is 60.3 Å². The summed E-state index contributed by atoms with van der Waals surface area (Å²) < 4.78 is 15.6. The van der Waals surface area contributed by atoms with Crippen molar-refractivity contribution in [1.29, 1.82) is 0 Å². The van der Waals surface area contributed by atoms with Crippen molar-refractivity contribution in [2.24, 2.45) is 5.92 Å². The van der Waals surface area contributed by atoms with Gasteiger partial charge in [0.05, 0.1) is 32.7 Å². The second-order valence-electron chi connectivity index (χ2n) is 9.15. The Morgan fingerprint density at radius 2 is 1.34 bits per heavy atom. The number of halogens is 2. The number of unbranched alkanes of at least 4 members (excludes halogenated alkanes) is 1. The molecule has 8 nitrogen and oxygen atoms in total. The van der Waals surface area contributed by atoms with Crippen molar-refractivity contribution in [1.82, 2.24) is 19.1 Å². The first-order valence-electron chi connectivity index (χ1n) is 12.8. The molecule has 0 aromatic carbocycles. The van der Waals surface area contributed by atoms with Crippen LogP contribution in [0, 0.1) is 5.92 Å². The van der Waals surface area contributed by atoms with Gasteiger partial charge in [-0.25, -0.2) is 0 Å². The number of hydrogen-bond acceptors (Lipinski definition) is 8. The smallest absolute Gasteiger partial charge is 0.300 e. The molecule has 38 heavy (non-hydrogen) atoms. The summed E-state index contributed by atoms with van der Waals surface area (Å²) in [5.41, 5.74) is -0.138. The maximum Gasteiger partial charge on any atom is 0.300 e. The molecule has 0 aliphatic rings. The highest BCUT2D eigenvalue weighted by atomic mass is 35.5. The lowest BCUT2D eigenvalue weighted by molar-refractivity contribution is 0.236. The first kappa shape index (κ1) is 30.4. The van der Waals surface area contributed by atoms with Gasteiger partial charge in [-0.15, -0.1) is 22.7 Å². The Morgan fingerprint density at radius 1 is 0.816 bits per heavy atom. The third kappa shape index (κ3) is 7.49. The molecular weight excluding hydrogens is 567 g/mol. The quantitative estimate of drug-likeness (QED) is 0.180. The zero-order chi connectivity index (χ0) is 27.8. The summed E-state index contributed by atoms with van der Waals surface area (Å²) in [5.74, 6) is 0.384. The van der Waals surface area contributed by atoms with Gasteiger partial charge in [-0.3, -0.25) is 18.7 Å². The number of nitrogens with zero attached hydrogens (tertiary/aromatic N) is 4. The van der Waals surface area contributed by atoms with E-state index in [0.717, 1.165) is 25.7 Å². The zero-order valence-corrected chi connectivity index (χ0v) is 25.5. The Bertz CT molecular complexity index is 1480. The Hall–Kier alpha value is -2.14. The minimum absolute atomic E-state index is 0.0623. The van der Waals surface area contributed by atoms with Crippen molar-refractivity contribution in [3.63, 3.8) is 0 Å². The van der Waals surface area contributed by atoms with Crippen LogP contribution in [0.4, 0.5) is 0 Å². The summed E-state index contributed by atoms with van der Waals surface area (Å²) in [6.45, 7) is 12.6. The standard InChI is InChI=1S/2C13H17ClN2O2S/c1-4-5-16-12(17)9-6-10(14)19-11(9)15-13(16)18-7-8(2)3;1-3-5-6-16-12(17)9-8-10(14)19-11(9)15-13(16)18-7-4-2/h6,8H,4-5,7H2,1-3H3;8H,3-7H2,1-2H3. The van der Waals surface area contributed by atoms with Crippen LogP contribution in [0.25, 0.3) is 20.4 Å². The molecule has 0 saturated carbocycles. The number of hydrogen-bond donors (Lipinski definition) is 0. The minimum Gasteiger partial charge on any atom is -0.465 e. The maximum atomic E-state index is 12.4. The van der Waals surface area contributed by atoms with E-state index in [1.807, 2.05) is 13.8 Å². The normalized spacial score (nSPS) is 11.3. The molecule has 0 N–H and O–H groups in total. The second-order valence-corrected chi connectivity index (χ2v) is 12.5. The van der Waals surface area contributed by atoms with Gasteiger partial charge in [0.15, 0.2) is 0 Å². The summed E-state index contributed by atoms with van der Waals surface area (Å²) >= 11 is 14.5. The van der Waals surface area contributed by atoms with Crippen molar-refractivity contribution < 1.29 is 9.47 Å². The van der Waals surface area contributed by atoms with E-state index in [9.17, 15) is 9.59 Å². The van der Waals surface area contributed by atoms with Crippen LogP contribution in [0.15, 0.2) is 21.7 Å². The summed E-state index contributed by atoms with van der Waals surface area (Å²) in [5, 5.41) is 1.15. The maximum absolute atomic E-state index is 12.4. The number of fused-ring (bicyclic) bond motifs is 2. The molecule has 4 heterocycles. The van der Waals surface area contributed by atoms with Crippen molar-refractivity contribution in [3.05, 3.63) is 41.5 Å². The molecule has 0 aliphatic carbocycles. The number of aromatic nitrogens is 4. The van der Waals surface area contributed by atoms with Crippen molar-refractivity contribution in [3.8, 4) is 12.0 Å². The number of thiophene rings is 2. The molecule has 0 fully saturated rings. The lowest BCUT2D eigenvalue weighted by Gasteiger charge is -2.13. The van der Waals surface area contributed by atoms with Gasteiger partial charge in [-0.05, 0) is 37.3 Å². The van der Waals surface area contributed by atoms with Crippen LogP contribution in [-0.2, 0) is 13.1 Å². The molecule has 0 atom stereocenters. The van der Waals surface area contributed by atoms with E-state index in [4.69, 9.17) is 32.7 Å². The fourth-order valence-corrected chi connectivity index (χ4v) is 5.66. The molecule has 4 aromatic rings. The van der Waals surface area contributed by atoms with E-state index in [1.165, 1.54) is 22.7 Å². The predicted molar refractivity (Wildman–Crippen MR) is 159 cm³/mol. The van der Waals surface area contributed by atoms with Crippen LogP contribution >= 0.6 is 45.9 Å². The fourth-order valence-electron chi connectivity index (χ4n) is 3.52. The first-order valence-corrected chi connectivity index (χ1v) is 15.2. The van der Waals surface area contributed by atoms with Crippen molar-refractivity contribution >= 4 is 66.3 Å². The average molecular weight is 602 g/mol. The second kappa shape index (κ2) is 14.3. The highest BCUT2D eigenvalue weighted by Crippen LogP contribution is 2.28. The molecule has 208 valence electrons. The van der Waals surface area contributed by atoms with Gasteiger partial charge in [0.1, 0.15) is 9.66 Å². The Morgan fingerprint density at radius 3 is 1.82 bits per heavy atom. The van der Waals surface area contributed by atoms with Gasteiger partial charge in [0.2, 0.25) is 0 Å². The summed E-state index contributed by atoms with van der Waals surface area (Å²) in [7, 11) is 0. The molecule has 0 unspecified atom stereocenters. The van der Waals surface area contributed by atoms with E-state index in [2.05, 4.69) is 30.7 Å². The highest BCUT2D eigenvalue weighted by molar-refractivity contribution is 7.22. The summed E-state index contributed by atoms with van der Waals surface area (Å²) in [4.78, 5) is 34.9. The van der Waals surface area contributed by atoms with Gasteiger partial charge in [0, 0.05) is 13.1 Å². The minimum atomic E-state index is -0.0752. The van der Waals surface area contributed by atoms with Crippen molar-refractivity contribution in [2.45, 2.75) is 73.4 Å². The van der Waals surface area contributed by atoms with Gasteiger partial charge in [0.25, 0.3) is 11.1 Å². The lowest BCUT2D eigenvalue weighted by atomic mass is 10.2. The predicted octanol–water partition coefficient (Wildman–Crippen LogP) is 7.26. The topological polar surface area (TPSA) is 88.2 Å². The molecule has 0 radical (unpaired) electrons. The van der Waals surface area contributed by atoms with Gasteiger partial charge in [-0.1, -0.05) is 64.2 Å². The SMILES string of the molecule is CCCCn1c(OCCC)nc2sc(Cl)cc2c1=O.CCCn1c(OCC(C)C)nc2sc(Cl)cc2c1=O. The van der Waals surface area contributed by atoms with Crippen LogP contribution in [0.5, 0.6) is 12.0 Å². The highest BCUT2D eigenvalue weighted by Gasteiger charge is 2.15. The molecule has 4 rings (SSSR count). The molecular formula is C26H34Cl2N4O4S2.